The van der Waals surface area contributed by atoms with Crippen LogP contribution in [0.5, 0.6) is 0 Å². The highest BCUT2D eigenvalue weighted by Crippen LogP contribution is 2.26. The van der Waals surface area contributed by atoms with Crippen LogP contribution in [0.2, 0.25) is 0 Å². The normalized spacial score (nSPS) is 22.2. The summed E-state index contributed by atoms with van der Waals surface area (Å²) in [6.45, 7) is 1.82. The van der Waals surface area contributed by atoms with Crippen molar-refractivity contribution < 1.29 is 9.18 Å². The minimum Gasteiger partial charge on any atom is -0.393 e. The first-order valence-electron chi connectivity index (χ1n) is 6.35. The summed E-state index contributed by atoms with van der Waals surface area (Å²) in [6, 6.07) is 4.42. The summed E-state index contributed by atoms with van der Waals surface area (Å²) in [7, 11) is 0. The van der Waals surface area contributed by atoms with Gasteiger partial charge in [-0.3, -0.25) is 4.79 Å². The molecule has 0 spiro atoms. The van der Waals surface area contributed by atoms with Gasteiger partial charge in [-0.1, -0.05) is 30.3 Å². The highest BCUT2D eigenvalue weighted by Gasteiger charge is 2.31. The maximum absolute atomic E-state index is 13.6. The van der Waals surface area contributed by atoms with E-state index in [-0.39, 0.29) is 17.5 Å². The van der Waals surface area contributed by atoms with Crippen LogP contribution in [0, 0.1) is 18.7 Å². The summed E-state index contributed by atoms with van der Waals surface area (Å²) in [6.07, 6.45) is 2.70. The molecule has 0 bridgehead atoms. The van der Waals surface area contributed by atoms with Crippen molar-refractivity contribution in [1.29, 1.82) is 0 Å². The Morgan fingerprint density at radius 2 is 2.21 bits per heavy atom. The molecule has 0 saturated heterocycles. The molecule has 1 fully saturated rings. The lowest BCUT2D eigenvalue weighted by molar-refractivity contribution is 0.0929. The predicted octanol–water partition coefficient (Wildman–Crippen LogP) is 2.32. The fourth-order valence-electron chi connectivity index (χ4n) is 2.53. The Bertz CT molecular complexity index is 518. The van der Waals surface area contributed by atoms with Gasteiger partial charge < -0.3 is 11.1 Å². The van der Waals surface area contributed by atoms with Crippen molar-refractivity contribution in [3.05, 3.63) is 35.1 Å². The van der Waals surface area contributed by atoms with E-state index in [0.717, 1.165) is 24.8 Å². The van der Waals surface area contributed by atoms with E-state index in [1.54, 1.807) is 12.1 Å². The first kappa shape index (κ1) is 13.9. The Labute approximate surface area is 117 Å². The average molecular weight is 280 g/mol. The molecule has 2 rings (SSSR count). The van der Waals surface area contributed by atoms with E-state index in [9.17, 15) is 9.18 Å². The summed E-state index contributed by atoms with van der Waals surface area (Å²) in [5, 5.41) is 2.85. The third-order valence-electron chi connectivity index (χ3n) is 3.56. The first-order valence-corrected chi connectivity index (χ1v) is 6.76. The van der Waals surface area contributed by atoms with Gasteiger partial charge in [0.2, 0.25) is 0 Å². The Morgan fingerprint density at radius 3 is 2.89 bits per heavy atom. The van der Waals surface area contributed by atoms with E-state index >= 15 is 0 Å². The molecule has 2 atom stereocenters. The summed E-state index contributed by atoms with van der Waals surface area (Å²) < 4.78 is 13.6. The van der Waals surface area contributed by atoms with E-state index in [0.29, 0.717) is 4.99 Å². The molecule has 0 radical (unpaired) electrons. The fraction of sp³-hybridized carbons (Fsp3) is 0.429. The first-order chi connectivity index (χ1) is 8.99. The maximum Gasteiger partial charge on any atom is 0.254 e. The molecule has 1 amide bonds. The minimum absolute atomic E-state index is 0.0202. The van der Waals surface area contributed by atoms with Crippen LogP contribution in [0.3, 0.4) is 0 Å². The zero-order valence-corrected chi connectivity index (χ0v) is 11.6. The zero-order chi connectivity index (χ0) is 14.0. The number of amides is 1. The molecule has 102 valence electrons. The molecular formula is C14H17FN2OS. The number of aryl methyl sites for hydroxylation is 1. The molecule has 3 nitrogen and oxygen atoms in total. The number of nitrogens with two attached hydrogens (primary N) is 1. The minimum atomic E-state index is -0.507. The SMILES string of the molecule is Cc1ccc(F)c(C(=O)NC2CCCC2C(N)=S)c1. The van der Waals surface area contributed by atoms with Crippen LogP contribution in [-0.2, 0) is 0 Å². The number of carbonyl (C=O) groups excluding carboxylic acids is 1. The highest BCUT2D eigenvalue weighted by atomic mass is 32.1. The number of hydrogen-bond donors (Lipinski definition) is 2. The molecule has 1 saturated carbocycles. The fourth-order valence-corrected chi connectivity index (χ4v) is 2.81. The third kappa shape index (κ3) is 3.10. The number of halogens is 1. The zero-order valence-electron chi connectivity index (χ0n) is 10.8. The number of carbonyl (C=O) groups is 1. The molecule has 3 N–H and O–H groups in total. The number of benzene rings is 1. The molecule has 19 heavy (non-hydrogen) atoms. The van der Waals surface area contributed by atoms with Crippen molar-refractivity contribution in [2.45, 2.75) is 32.2 Å². The van der Waals surface area contributed by atoms with Crippen molar-refractivity contribution >= 4 is 23.1 Å². The molecule has 0 heterocycles. The lowest BCUT2D eigenvalue weighted by atomic mass is 10.0. The molecule has 1 aromatic rings. The van der Waals surface area contributed by atoms with E-state index < -0.39 is 11.7 Å². The molecule has 2 unspecified atom stereocenters. The average Bonchev–Trinajstić information content (AvgIpc) is 2.80. The summed E-state index contributed by atoms with van der Waals surface area (Å²) in [5.74, 6) is -0.880. The number of nitrogens with one attached hydrogen (secondary N) is 1. The Morgan fingerprint density at radius 1 is 1.47 bits per heavy atom. The van der Waals surface area contributed by atoms with E-state index in [1.165, 1.54) is 6.07 Å². The monoisotopic (exact) mass is 280 g/mol. The largest absolute Gasteiger partial charge is 0.393 e. The van der Waals surface area contributed by atoms with Gasteiger partial charge in [0.15, 0.2) is 0 Å². The van der Waals surface area contributed by atoms with Crippen LogP contribution < -0.4 is 11.1 Å². The van der Waals surface area contributed by atoms with Gasteiger partial charge in [-0.15, -0.1) is 0 Å². The summed E-state index contributed by atoms with van der Waals surface area (Å²) >= 11 is 5.00. The van der Waals surface area contributed by atoms with Crippen LogP contribution >= 0.6 is 12.2 Å². The van der Waals surface area contributed by atoms with Gasteiger partial charge >= 0.3 is 0 Å². The van der Waals surface area contributed by atoms with Crippen LogP contribution in [0.25, 0.3) is 0 Å². The quantitative estimate of drug-likeness (QED) is 0.835. The molecule has 0 aliphatic heterocycles. The third-order valence-corrected chi connectivity index (χ3v) is 3.87. The predicted molar refractivity (Wildman–Crippen MR) is 76.5 cm³/mol. The second kappa shape index (κ2) is 5.65. The molecule has 0 aromatic heterocycles. The standard InChI is InChI=1S/C14H17FN2OS/c1-8-5-6-11(15)10(7-8)14(18)17-12-4-2-3-9(12)13(16)19/h5-7,9,12H,2-4H2,1H3,(H2,16,19)(H,17,18). The van der Waals surface area contributed by atoms with Crippen LogP contribution in [0.1, 0.15) is 35.2 Å². The van der Waals surface area contributed by atoms with Crippen molar-refractivity contribution in [2.24, 2.45) is 11.7 Å². The molecule has 5 heteroatoms. The van der Waals surface area contributed by atoms with Crippen LogP contribution in [0.15, 0.2) is 18.2 Å². The molecule has 1 aromatic carbocycles. The van der Waals surface area contributed by atoms with E-state index in [4.69, 9.17) is 18.0 Å². The lowest BCUT2D eigenvalue weighted by Crippen LogP contribution is -2.42. The van der Waals surface area contributed by atoms with Gasteiger partial charge in [0.05, 0.1) is 10.6 Å². The van der Waals surface area contributed by atoms with Gasteiger partial charge in [-0.2, -0.15) is 0 Å². The number of hydrogen-bond acceptors (Lipinski definition) is 2. The van der Waals surface area contributed by atoms with E-state index in [1.807, 2.05) is 6.92 Å². The summed E-state index contributed by atoms with van der Waals surface area (Å²) in [5.41, 5.74) is 6.59. The highest BCUT2D eigenvalue weighted by molar-refractivity contribution is 7.80. The van der Waals surface area contributed by atoms with Gasteiger partial charge in [0.1, 0.15) is 5.82 Å². The second-order valence-electron chi connectivity index (χ2n) is 5.00. The van der Waals surface area contributed by atoms with Gasteiger partial charge in [-0.05, 0) is 31.9 Å². The van der Waals surface area contributed by atoms with Gasteiger partial charge in [-0.25, -0.2) is 4.39 Å². The van der Waals surface area contributed by atoms with Crippen molar-refractivity contribution in [2.75, 3.05) is 0 Å². The topological polar surface area (TPSA) is 55.1 Å². The lowest BCUT2D eigenvalue weighted by Gasteiger charge is -2.20. The summed E-state index contributed by atoms with van der Waals surface area (Å²) in [4.78, 5) is 12.5. The van der Waals surface area contributed by atoms with Crippen molar-refractivity contribution in [1.82, 2.24) is 5.32 Å². The number of thiocarbonyl (C=S) groups is 1. The Hall–Kier alpha value is -1.49. The van der Waals surface area contributed by atoms with E-state index in [2.05, 4.69) is 5.32 Å². The smallest absolute Gasteiger partial charge is 0.254 e. The molecule has 1 aliphatic rings. The number of rotatable bonds is 3. The maximum atomic E-state index is 13.6. The Balaban J connectivity index is 2.12. The van der Waals surface area contributed by atoms with Gasteiger partial charge in [0.25, 0.3) is 5.91 Å². The molecule has 1 aliphatic carbocycles. The van der Waals surface area contributed by atoms with Crippen molar-refractivity contribution in [3.63, 3.8) is 0 Å². The van der Waals surface area contributed by atoms with Gasteiger partial charge in [0, 0.05) is 12.0 Å². The second-order valence-corrected chi connectivity index (χ2v) is 5.47. The molecular weight excluding hydrogens is 263 g/mol. The van der Waals surface area contributed by atoms with Crippen molar-refractivity contribution in [3.8, 4) is 0 Å². The Kier molecular flexibility index (Phi) is 4.14. The van der Waals surface area contributed by atoms with Crippen LogP contribution in [-0.4, -0.2) is 16.9 Å². The van der Waals surface area contributed by atoms with Crippen LogP contribution in [0.4, 0.5) is 4.39 Å².